The van der Waals surface area contributed by atoms with Gasteiger partial charge in [0, 0.05) is 0 Å². The Labute approximate surface area is 216 Å². The number of hydrogen-bond donors (Lipinski definition) is 1. The Morgan fingerprint density at radius 3 is 2.63 bits per heavy atom. The van der Waals surface area contributed by atoms with Gasteiger partial charge in [-0.05, 0) is 95.0 Å². The number of methoxy groups -OCH3 is 1. The highest BCUT2D eigenvalue weighted by Crippen LogP contribution is 2.38. The van der Waals surface area contributed by atoms with Crippen molar-refractivity contribution in [2.75, 3.05) is 20.3 Å². The fraction of sp³-hybridized carbons (Fsp3) is 0.280. The number of ether oxygens (including phenoxy) is 3. The molecule has 0 bridgehead atoms. The Bertz CT molecular complexity index is 1290. The van der Waals surface area contributed by atoms with Crippen molar-refractivity contribution in [1.82, 2.24) is 5.01 Å². The van der Waals surface area contributed by atoms with E-state index in [1.165, 1.54) is 27.9 Å². The maximum absolute atomic E-state index is 12.6. The normalized spacial score (nSPS) is 16.3. The molecule has 0 fully saturated rings. The summed E-state index contributed by atoms with van der Waals surface area (Å²) in [4.78, 5) is 16.7. The van der Waals surface area contributed by atoms with Gasteiger partial charge >= 0.3 is 0 Å². The first-order valence-corrected chi connectivity index (χ1v) is 12.6. The van der Waals surface area contributed by atoms with Gasteiger partial charge in [0.05, 0.1) is 17.2 Å². The van der Waals surface area contributed by atoms with E-state index in [2.05, 4.69) is 32.9 Å². The Morgan fingerprint density at radius 2 is 1.91 bits per heavy atom. The number of thioether (sulfide) groups is 1. The molecule has 0 spiro atoms. The molecular formula is C25H25BrN4O4S. The second kappa shape index (κ2) is 10.7. The minimum atomic E-state index is -0.472. The van der Waals surface area contributed by atoms with Crippen LogP contribution in [0.15, 0.2) is 50.5 Å². The summed E-state index contributed by atoms with van der Waals surface area (Å²) in [5.41, 5.74) is 3.20. The second-order valence-electron chi connectivity index (χ2n) is 7.84. The van der Waals surface area contributed by atoms with E-state index in [4.69, 9.17) is 19.6 Å². The van der Waals surface area contributed by atoms with Crippen LogP contribution < -0.4 is 14.2 Å². The molecule has 0 radical (unpaired) electrons. The number of carbonyl (C=O) groups excluding carboxylic acids is 1. The molecule has 8 nitrogen and oxygen atoms in total. The largest absolute Gasteiger partial charge is 0.493 e. The molecule has 2 aliphatic rings. The molecule has 4 rings (SSSR count). The Balaban J connectivity index is 1.48. The Hall–Kier alpha value is -3.11. The third-order valence-corrected chi connectivity index (χ3v) is 7.08. The molecule has 1 N–H and O–H groups in total. The number of amides is 1. The van der Waals surface area contributed by atoms with Crippen LogP contribution in [0.5, 0.6) is 17.2 Å². The van der Waals surface area contributed by atoms with Crippen molar-refractivity contribution in [3.05, 3.63) is 57.1 Å². The van der Waals surface area contributed by atoms with Crippen LogP contribution in [-0.4, -0.2) is 47.3 Å². The second-order valence-corrected chi connectivity index (χ2v) is 9.74. The summed E-state index contributed by atoms with van der Waals surface area (Å²) in [6.45, 7) is 6.75. The number of fused-ring (bicyclic) bond motifs is 1. The summed E-state index contributed by atoms with van der Waals surface area (Å²) in [5.74, 6) is 1.33. The van der Waals surface area contributed by atoms with Gasteiger partial charge in [0.25, 0.3) is 5.91 Å². The van der Waals surface area contributed by atoms with Crippen molar-refractivity contribution in [2.24, 2.45) is 10.1 Å². The van der Waals surface area contributed by atoms with E-state index in [0.29, 0.717) is 46.3 Å². The first-order chi connectivity index (χ1) is 16.8. The third kappa shape index (κ3) is 5.43. The van der Waals surface area contributed by atoms with E-state index < -0.39 is 5.91 Å². The number of carbonyl (C=O) groups is 1. The molecule has 0 saturated heterocycles. The topological polar surface area (TPSA) is 96.6 Å². The number of hydrogen-bond acceptors (Lipinski definition) is 7. The summed E-state index contributed by atoms with van der Waals surface area (Å²) in [7, 11) is 1.55. The molecule has 0 atom stereocenters. The number of nitrogens with zero attached hydrogens (tertiary/aromatic N) is 3. The van der Waals surface area contributed by atoms with Crippen LogP contribution in [-0.2, 0) is 4.79 Å². The molecule has 0 unspecified atom stereocenters. The zero-order valence-electron chi connectivity index (χ0n) is 19.8. The molecular weight excluding hydrogens is 532 g/mol. The number of rotatable bonds is 8. The van der Waals surface area contributed by atoms with Crippen LogP contribution in [0.1, 0.15) is 30.0 Å². The minimum Gasteiger partial charge on any atom is -0.493 e. The standard InChI is InChI=1S/C25H25BrN4O4S/c1-5-21-29-30-23(27)18(24(31)28-25(30)35-21)11-16-12-19(26)22(20(13-16)32-4)34-9-8-33-17-7-6-14(2)15(3)10-17/h6-7,10-13,27H,5,8-9H2,1-4H3/b18-11-,27-23?. The molecule has 182 valence electrons. The van der Waals surface area contributed by atoms with E-state index in [0.717, 1.165) is 10.8 Å². The molecule has 35 heavy (non-hydrogen) atoms. The number of benzene rings is 2. The highest BCUT2D eigenvalue weighted by atomic mass is 79.9. The van der Waals surface area contributed by atoms with Crippen molar-refractivity contribution in [3.63, 3.8) is 0 Å². The molecule has 2 aliphatic heterocycles. The Morgan fingerprint density at radius 1 is 1.14 bits per heavy atom. The first kappa shape index (κ1) is 25.0. The van der Waals surface area contributed by atoms with Gasteiger partial charge < -0.3 is 14.2 Å². The monoisotopic (exact) mass is 556 g/mol. The molecule has 1 amide bonds. The molecule has 0 aliphatic carbocycles. The number of hydrazone groups is 1. The van der Waals surface area contributed by atoms with E-state index in [9.17, 15) is 4.79 Å². The van der Waals surface area contributed by atoms with E-state index in [-0.39, 0.29) is 11.4 Å². The smallest absolute Gasteiger partial charge is 0.283 e. The fourth-order valence-electron chi connectivity index (χ4n) is 3.41. The summed E-state index contributed by atoms with van der Waals surface area (Å²) < 4.78 is 17.9. The highest BCUT2D eigenvalue weighted by Gasteiger charge is 2.35. The quantitative estimate of drug-likeness (QED) is 0.337. The third-order valence-electron chi connectivity index (χ3n) is 5.44. The lowest BCUT2D eigenvalue weighted by Crippen LogP contribution is -2.35. The first-order valence-electron chi connectivity index (χ1n) is 11.0. The lowest BCUT2D eigenvalue weighted by atomic mass is 10.1. The Kier molecular flexibility index (Phi) is 7.61. The summed E-state index contributed by atoms with van der Waals surface area (Å²) in [5, 5.41) is 15.5. The van der Waals surface area contributed by atoms with Gasteiger partial charge in [0.2, 0.25) is 5.17 Å². The lowest BCUT2D eigenvalue weighted by Gasteiger charge is -2.20. The fourth-order valence-corrected chi connectivity index (χ4v) is 4.81. The lowest BCUT2D eigenvalue weighted by molar-refractivity contribution is -0.114. The van der Waals surface area contributed by atoms with Crippen LogP contribution in [0.2, 0.25) is 0 Å². The number of aliphatic imine (C=N–C) groups is 1. The zero-order valence-corrected chi connectivity index (χ0v) is 22.2. The van der Waals surface area contributed by atoms with Gasteiger partial charge in [0.15, 0.2) is 17.3 Å². The highest BCUT2D eigenvalue weighted by molar-refractivity contribution is 9.10. The van der Waals surface area contributed by atoms with Gasteiger partial charge in [-0.25, -0.2) is 0 Å². The van der Waals surface area contributed by atoms with Crippen molar-refractivity contribution in [1.29, 1.82) is 5.41 Å². The predicted molar refractivity (Wildman–Crippen MR) is 143 cm³/mol. The van der Waals surface area contributed by atoms with Crippen LogP contribution in [0, 0.1) is 19.3 Å². The number of amidine groups is 2. The van der Waals surface area contributed by atoms with Crippen molar-refractivity contribution >= 4 is 55.7 Å². The predicted octanol–water partition coefficient (Wildman–Crippen LogP) is 5.56. The molecule has 2 heterocycles. The van der Waals surface area contributed by atoms with Crippen LogP contribution in [0.3, 0.4) is 0 Å². The molecule has 2 aromatic rings. The summed E-state index contributed by atoms with van der Waals surface area (Å²) in [6, 6.07) is 9.51. The zero-order chi connectivity index (χ0) is 25.1. The van der Waals surface area contributed by atoms with Gasteiger partial charge in [-0.2, -0.15) is 15.1 Å². The van der Waals surface area contributed by atoms with Gasteiger partial charge in [-0.3, -0.25) is 10.2 Å². The minimum absolute atomic E-state index is 0.00476. The van der Waals surface area contributed by atoms with Crippen molar-refractivity contribution in [2.45, 2.75) is 27.2 Å². The van der Waals surface area contributed by atoms with Gasteiger partial charge in [-0.1, -0.05) is 13.0 Å². The van der Waals surface area contributed by atoms with Crippen LogP contribution in [0.25, 0.3) is 6.08 Å². The van der Waals surface area contributed by atoms with Crippen LogP contribution >= 0.6 is 27.7 Å². The average Bonchev–Trinajstić information content (AvgIpc) is 3.25. The maximum Gasteiger partial charge on any atom is 0.283 e. The van der Waals surface area contributed by atoms with Gasteiger partial charge in [0.1, 0.15) is 24.0 Å². The summed E-state index contributed by atoms with van der Waals surface area (Å²) >= 11 is 4.85. The number of nitrogens with one attached hydrogen (secondary N) is 1. The van der Waals surface area contributed by atoms with Crippen molar-refractivity contribution in [3.8, 4) is 17.2 Å². The van der Waals surface area contributed by atoms with Gasteiger partial charge in [-0.15, -0.1) is 0 Å². The number of halogens is 1. The molecule has 2 aromatic carbocycles. The van der Waals surface area contributed by atoms with E-state index in [1.54, 1.807) is 25.3 Å². The number of aryl methyl sites for hydroxylation is 2. The molecule has 10 heteroatoms. The van der Waals surface area contributed by atoms with Crippen molar-refractivity contribution < 1.29 is 19.0 Å². The van der Waals surface area contributed by atoms with E-state index in [1.807, 2.05) is 32.0 Å². The molecule has 0 aromatic heterocycles. The van der Waals surface area contributed by atoms with E-state index >= 15 is 0 Å². The SMILES string of the molecule is CCC1=NN2C(=N)/C(=C/c3cc(Br)c(OCCOc4ccc(C)c(C)c4)c(OC)c3)C(=O)N=C2S1. The van der Waals surface area contributed by atoms with Crippen LogP contribution in [0.4, 0.5) is 0 Å². The maximum atomic E-state index is 12.6. The molecule has 0 saturated carbocycles. The average molecular weight is 557 g/mol. The summed E-state index contributed by atoms with van der Waals surface area (Å²) in [6.07, 6.45) is 2.32.